The Morgan fingerprint density at radius 2 is 1.00 bits per heavy atom. The fourth-order valence-electron chi connectivity index (χ4n) is 6.57. The monoisotopic (exact) mass is 479 g/mol. The number of carbonyl (C=O) groups is 2. The molecule has 2 amide bonds. The molecule has 178 valence electrons. The first-order chi connectivity index (χ1) is 18.2. The van der Waals surface area contributed by atoms with Gasteiger partial charge in [0.1, 0.15) is 0 Å². The molecule has 1 heterocycles. The van der Waals surface area contributed by atoms with Crippen LogP contribution in [0.1, 0.15) is 11.1 Å². The van der Waals surface area contributed by atoms with E-state index in [-0.39, 0.29) is 35.5 Å². The summed E-state index contributed by atoms with van der Waals surface area (Å²) in [6.07, 6.45) is 4.32. The number of imide groups is 1. The number of benzene rings is 4. The summed E-state index contributed by atoms with van der Waals surface area (Å²) < 4.78 is 0. The average Bonchev–Trinajstić information content (AvgIpc) is 3.59. The summed E-state index contributed by atoms with van der Waals surface area (Å²) in [5, 5.41) is 0. The van der Waals surface area contributed by atoms with Gasteiger partial charge in [-0.05, 0) is 33.9 Å². The number of carbonyl (C=O) groups excluding carboxylic acids is 2. The molecule has 1 saturated heterocycles. The quantitative estimate of drug-likeness (QED) is 0.239. The van der Waals surface area contributed by atoms with Gasteiger partial charge in [0.15, 0.2) is 0 Å². The summed E-state index contributed by atoms with van der Waals surface area (Å²) in [6, 6.07) is 38.4. The van der Waals surface area contributed by atoms with Crippen LogP contribution in [0.15, 0.2) is 133 Å². The zero-order valence-electron chi connectivity index (χ0n) is 20.2. The van der Waals surface area contributed by atoms with Crippen molar-refractivity contribution >= 4 is 23.1 Å². The number of fused-ring (bicyclic) bond motifs is 5. The van der Waals surface area contributed by atoms with Crippen molar-refractivity contribution < 1.29 is 9.59 Å². The van der Waals surface area contributed by atoms with E-state index in [4.69, 9.17) is 0 Å². The van der Waals surface area contributed by atoms with E-state index in [0.29, 0.717) is 5.69 Å². The minimum Gasteiger partial charge on any atom is -0.274 e. The Balaban J connectivity index is 1.35. The standard InChI is InChI=1S/C34H25NO2/c36-33-31-26-20-21-27(30(26)29(23-14-6-2-7-15-23)24-16-8-3-9-17-24)32(31)34(37)35(33)28-19-11-10-18-25(28)22-12-4-1-5-13-22/h1-21,26-27,31-32H/t26-,27-,31-,32-/m0/s1. The highest BCUT2D eigenvalue weighted by Crippen LogP contribution is 2.59. The van der Waals surface area contributed by atoms with Crippen molar-refractivity contribution in [1.82, 2.24) is 0 Å². The van der Waals surface area contributed by atoms with E-state index in [1.54, 1.807) is 0 Å². The molecule has 0 N–H and O–H groups in total. The minimum atomic E-state index is -0.372. The van der Waals surface area contributed by atoms with E-state index in [1.165, 1.54) is 10.5 Å². The third kappa shape index (κ3) is 3.27. The first kappa shape index (κ1) is 21.8. The lowest BCUT2D eigenvalue weighted by atomic mass is 9.85. The Kier molecular flexibility index (Phi) is 5.03. The Hall–Kier alpha value is -4.50. The number of amides is 2. The second kappa shape index (κ2) is 8.56. The first-order valence-electron chi connectivity index (χ1n) is 12.8. The van der Waals surface area contributed by atoms with Gasteiger partial charge in [0, 0.05) is 17.4 Å². The molecule has 2 fully saturated rings. The Bertz CT molecular complexity index is 1490. The fourth-order valence-corrected chi connectivity index (χ4v) is 6.57. The molecule has 1 saturated carbocycles. The number of anilines is 1. The van der Waals surface area contributed by atoms with Crippen molar-refractivity contribution in [3.8, 4) is 11.1 Å². The molecule has 0 unspecified atom stereocenters. The number of para-hydroxylation sites is 1. The van der Waals surface area contributed by atoms with Crippen LogP contribution in [0.2, 0.25) is 0 Å². The van der Waals surface area contributed by atoms with E-state index in [9.17, 15) is 9.59 Å². The summed E-state index contributed by atoms with van der Waals surface area (Å²) in [5.41, 5.74) is 7.15. The van der Waals surface area contributed by atoms with Gasteiger partial charge in [-0.25, -0.2) is 4.90 Å². The van der Waals surface area contributed by atoms with Gasteiger partial charge in [-0.3, -0.25) is 9.59 Å². The maximum absolute atomic E-state index is 14.1. The number of nitrogens with zero attached hydrogens (tertiary/aromatic N) is 1. The van der Waals surface area contributed by atoms with E-state index in [1.807, 2.05) is 91.0 Å². The molecule has 4 aromatic rings. The largest absolute Gasteiger partial charge is 0.274 e. The van der Waals surface area contributed by atoms with Crippen LogP contribution in [0.25, 0.3) is 16.7 Å². The van der Waals surface area contributed by atoms with E-state index < -0.39 is 0 Å². The van der Waals surface area contributed by atoms with Crippen molar-refractivity contribution in [1.29, 1.82) is 0 Å². The predicted molar refractivity (Wildman–Crippen MR) is 146 cm³/mol. The molecule has 4 atom stereocenters. The molecule has 4 aromatic carbocycles. The lowest BCUT2D eigenvalue weighted by molar-refractivity contribution is -0.122. The predicted octanol–water partition coefficient (Wildman–Crippen LogP) is 6.78. The van der Waals surface area contributed by atoms with Crippen LogP contribution >= 0.6 is 0 Å². The highest BCUT2D eigenvalue weighted by molar-refractivity contribution is 6.24. The molecule has 0 aromatic heterocycles. The Morgan fingerprint density at radius 3 is 1.54 bits per heavy atom. The van der Waals surface area contributed by atoms with Gasteiger partial charge in [0.25, 0.3) is 0 Å². The lowest BCUT2D eigenvalue weighted by Crippen LogP contribution is -2.33. The van der Waals surface area contributed by atoms with Crippen LogP contribution in [-0.4, -0.2) is 11.8 Å². The van der Waals surface area contributed by atoms with Crippen molar-refractivity contribution in [2.45, 2.75) is 0 Å². The normalized spacial score (nSPS) is 23.6. The Labute approximate surface area is 216 Å². The average molecular weight is 480 g/mol. The van der Waals surface area contributed by atoms with Gasteiger partial charge in [0.05, 0.1) is 17.5 Å². The maximum atomic E-state index is 14.1. The number of allylic oxidation sites excluding steroid dienone is 3. The van der Waals surface area contributed by atoms with Crippen LogP contribution in [0.3, 0.4) is 0 Å². The van der Waals surface area contributed by atoms with Gasteiger partial charge in [-0.1, -0.05) is 121 Å². The van der Waals surface area contributed by atoms with E-state index >= 15 is 0 Å². The van der Waals surface area contributed by atoms with Crippen molar-refractivity contribution in [3.05, 3.63) is 144 Å². The van der Waals surface area contributed by atoms with Gasteiger partial charge < -0.3 is 0 Å². The van der Waals surface area contributed by atoms with Crippen LogP contribution in [0.5, 0.6) is 0 Å². The molecule has 2 bridgehead atoms. The topological polar surface area (TPSA) is 37.4 Å². The second-order valence-electron chi connectivity index (χ2n) is 9.95. The molecule has 3 aliphatic rings. The van der Waals surface area contributed by atoms with E-state index in [0.717, 1.165) is 27.8 Å². The van der Waals surface area contributed by atoms with Crippen molar-refractivity contribution in [2.75, 3.05) is 4.90 Å². The summed E-state index contributed by atoms with van der Waals surface area (Å²) in [6.45, 7) is 0. The van der Waals surface area contributed by atoms with Gasteiger partial charge in [-0.15, -0.1) is 0 Å². The maximum Gasteiger partial charge on any atom is 0.238 e. The van der Waals surface area contributed by atoms with Crippen LogP contribution in [0, 0.1) is 23.7 Å². The molecule has 0 radical (unpaired) electrons. The molecule has 7 rings (SSSR count). The summed E-state index contributed by atoms with van der Waals surface area (Å²) in [5.74, 6) is -1.10. The molecule has 3 heteroatoms. The SMILES string of the molecule is O=C1[C@@H]2[C@@H](C(=O)N1c1ccccc1-c1ccccc1)[C@H]1C=C[C@H]2C1=C(c1ccccc1)c1ccccc1. The fraction of sp³-hybridized carbons (Fsp3) is 0.118. The molecule has 0 spiro atoms. The minimum absolute atomic E-state index is 0.0873. The van der Waals surface area contributed by atoms with Crippen molar-refractivity contribution in [3.63, 3.8) is 0 Å². The summed E-state index contributed by atoms with van der Waals surface area (Å²) >= 11 is 0. The highest BCUT2D eigenvalue weighted by Gasteiger charge is 2.62. The zero-order chi connectivity index (χ0) is 24.9. The number of rotatable bonds is 4. The third-order valence-electron chi connectivity index (χ3n) is 8.06. The highest BCUT2D eigenvalue weighted by atomic mass is 16.2. The van der Waals surface area contributed by atoms with Gasteiger partial charge in [0.2, 0.25) is 11.8 Å². The third-order valence-corrected chi connectivity index (χ3v) is 8.06. The lowest BCUT2D eigenvalue weighted by Gasteiger charge is -2.23. The van der Waals surface area contributed by atoms with Gasteiger partial charge in [-0.2, -0.15) is 0 Å². The second-order valence-corrected chi connectivity index (χ2v) is 9.95. The van der Waals surface area contributed by atoms with Gasteiger partial charge >= 0.3 is 0 Å². The van der Waals surface area contributed by atoms with Crippen LogP contribution in [-0.2, 0) is 9.59 Å². The van der Waals surface area contributed by atoms with Crippen LogP contribution in [0.4, 0.5) is 5.69 Å². The smallest absolute Gasteiger partial charge is 0.238 e. The first-order valence-corrected chi connectivity index (χ1v) is 12.8. The summed E-state index contributed by atoms with van der Waals surface area (Å²) in [4.78, 5) is 29.6. The Morgan fingerprint density at radius 1 is 0.541 bits per heavy atom. The molecule has 37 heavy (non-hydrogen) atoms. The molecule has 1 aliphatic heterocycles. The molecule has 3 nitrogen and oxygen atoms in total. The number of hydrogen-bond acceptors (Lipinski definition) is 2. The molecular formula is C34H25NO2. The molecule has 2 aliphatic carbocycles. The van der Waals surface area contributed by atoms with E-state index in [2.05, 4.69) is 36.4 Å². The number of hydrogen-bond donors (Lipinski definition) is 0. The van der Waals surface area contributed by atoms with Crippen LogP contribution < -0.4 is 4.90 Å². The summed E-state index contributed by atoms with van der Waals surface area (Å²) in [7, 11) is 0. The zero-order valence-corrected chi connectivity index (χ0v) is 20.2. The van der Waals surface area contributed by atoms with Crippen molar-refractivity contribution in [2.24, 2.45) is 23.7 Å². The molecular weight excluding hydrogens is 454 g/mol.